The molecule has 0 bridgehead atoms. The van der Waals surface area contributed by atoms with Gasteiger partial charge in [0, 0.05) is 24.4 Å². The lowest BCUT2D eigenvalue weighted by Crippen LogP contribution is -2.26. The van der Waals surface area contributed by atoms with E-state index < -0.39 is 0 Å². The third-order valence-electron chi connectivity index (χ3n) is 3.30. The van der Waals surface area contributed by atoms with Crippen molar-refractivity contribution < 1.29 is 4.79 Å². The summed E-state index contributed by atoms with van der Waals surface area (Å²) >= 11 is 1.67. The lowest BCUT2D eigenvalue weighted by atomic mass is 10.0. The van der Waals surface area contributed by atoms with Crippen LogP contribution in [0.3, 0.4) is 0 Å². The molecule has 1 unspecified atom stereocenters. The Morgan fingerprint density at radius 1 is 1.24 bits per heavy atom. The average Bonchev–Trinajstić information content (AvgIpc) is 2.98. The number of carbonyl (C=O) groups is 1. The average molecular weight is 325 g/mol. The van der Waals surface area contributed by atoms with Crippen LogP contribution in [0.1, 0.15) is 29.3 Å². The number of benzene rings is 1. The van der Waals surface area contributed by atoms with Gasteiger partial charge in [-0.2, -0.15) is 0 Å². The number of nitrogens with two attached hydrogens (primary N) is 1. The lowest BCUT2D eigenvalue weighted by Gasteiger charge is -2.18. The van der Waals surface area contributed by atoms with Crippen LogP contribution < -0.4 is 5.73 Å². The van der Waals surface area contributed by atoms with Gasteiger partial charge >= 0.3 is 0 Å². The Labute approximate surface area is 136 Å². The molecule has 1 aromatic heterocycles. The van der Waals surface area contributed by atoms with Gasteiger partial charge in [-0.3, -0.25) is 4.79 Å². The molecule has 2 aromatic rings. The maximum Gasteiger partial charge on any atom is 0.222 e. The van der Waals surface area contributed by atoms with E-state index in [4.69, 9.17) is 5.73 Å². The molecule has 2 N–H and O–H groups in total. The Bertz CT molecular complexity index is 530. The van der Waals surface area contributed by atoms with Crippen LogP contribution in [0, 0.1) is 0 Å². The molecule has 0 aliphatic rings. The second-order valence-electron chi connectivity index (χ2n) is 4.89. The molecule has 0 aliphatic heterocycles. The Hall–Kier alpha value is -1.36. The van der Waals surface area contributed by atoms with E-state index in [0.29, 0.717) is 19.4 Å². The number of carbonyl (C=O) groups excluding carboxylic acids is 1. The van der Waals surface area contributed by atoms with Crippen molar-refractivity contribution in [1.82, 2.24) is 4.90 Å². The van der Waals surface area contributed by atoms with Crippen LogP contribution in [0.4, 0.5) is 0 Å². The molecule has 21 heavy (non-hydrogen) atoms. The van der Waals surface area contributed by atoms with E-state index in [9.17, 15) is 4.79 Å². The number of thiophene rings is 1. The molecule has 5 heteroatoms. The van der Waals surface area contributed by atoms with Crippen molar-refractivity contribution in [2.75, 3.05) is 7.05 Å². The number of hydrogen-bond acceptors (Lipinski definition) is 3. The summed E-state index contributed by atoms with van der Waals surface area (Å²) < 4.78 is 0. The van der Waals surface area contributed by atoms with Gasteiger partial charge in [0.05, 0.1) is 6.54 Å². The number of rotatable bonds is 6. The highest BCUT2D eigenvalue weighted by Gasteiger charge is 2.13. The molecule has 3 nitrogen and oxygen atoms in total. The van der Waals surface area contributed by atoms with Gasteiger partial charge in [0.15, 0.2) is 0 Å². The topological polar surface area (TPSA) is 46.3 Å². The predicted molar refractivity (Wildman–Crippen MR) is 90.6 cm³/mol. The predicted octanol–water partition coefficient (Wildman–Crippen LogP) is 3.61. The van der Waals surface area contributed by atoms with Crippen molar-refractivity contribution in [3.05, 3.63) is 58.3 Å². The monoisotopic (exact) mass is 324 g/mol. The van der Waals surface area contributed by atoms with Gasteiger partial charge in [0.1, 0.15) is 0 Å². The third-order valence-corrected chi connectivity index (χ3v) is 4.16. The van der Waals surface area contributed by atoms with Crippen LogP contribution in [-0.2, 0) is 11.3 Å². The Morgan fingerprint density at radius 3 is 2.57 bits per heavy atom. The molecule has 0 radical (unpaired) electrons. The van der Waals surface area contributed by atoms with Crippen LogP contribution in [0.5, 0.6) is 0 Å². The highest BCUT2D eigenvalue weighted by molar-refractivity contribution is 7.09. The second-order valence-corrected chi connectivity index (χ2v) is 5.92. The molecule has 0 saturated carbocycles. The Kier molecular flexibility index (Phi) is 7.43. The zero-order valence-electron chi connectivity index (χ0n) is 12.1. The van der Waals surface area contributed by atoms with E-state index in [1.807, 2.05) is 54.9 Å². The van der Waals surface area contributed by atoms with E-state index >= 15 is 0 Å². The molecular weight excluding hydrogens is 304 g/mol. The van der Waals surface area contributed by atoms with E-state index in [1.165, 1.54) is 4.88 Å². The first-order valence-electron chi connectivity index (χ1n) is 6.73. The summed E-state index contributed by atoms with van der Waals surface area (Å²) in [6.07, 6.45) is 1.16. The Morgan fingerprint density at radius 2 is 1.95 bits per heavy atom. The van der Waals surface area contributed by atoms with Gasteiger partial charge in [-0.1, -0.05) is 36.4 Å². The fraction of sp³-hybridized carbons (Fsp3) is 0.312. The van der Waals surface area contributed by atoms with Crippen molar-refractivity contribution in [1.29, 1.82) is 0 Å². The van der Waals surface area contributed by atoms with Gasteiger partial charge in [-0.25, -0.2) is 0 Å². The molecule has 114 valence electrons. The van der Waals surface area contributed by atoms with Crippen LogP contribution in [-0.4, -0.2) is 17.9 Å². The number of hydrogen-bond donors (Lipinski definition) is 1. The molecule has 0 saturated heterocycles. The molecule has 0 aliphatic carbocycles. The molecule has 0 fully saturated rings. The van der Waals surface area contributed by atoms with Crippen LogP contribution >= 0.6 is 23.7 Å². The summed E-state index contributed by atoms with van der Waals surface area (Å²) in [6, 6.07) is 13.9. The number of halogens is 1. The minimum atomic E-state index is -0.0738. The van der Waals surface area contributed by atoms with E-state index in [2.05, 4.69) is 0 Å². The van der Waals surface area contributed by atoms with E-state index in [0.717, 1.165) is 5.56 Å². The summed E-state index contributed by atoms with van der Waals surface area (Å²) in [7, 11) is 1.84. The van der Waals surface area contributed by atoms with Crippen LogP contribution in [0.15, 0.2) is 47.8 Å². The van der Waals surface area contributed by atoms with Crippen LogP contribution in [0.2, 0.25) is 0 Å². The summed E-state index contributed by atoms with van der Waals surface area (Å²) in [4.78, 5) is 15.0. The van der Waals surface area contributed by atoms with Crippen molar-refractivity contribution in [2.45, 2.75) is 25.4 Å². The molecule has 1 heterocycles. The Balaban J connectivity index is 0.00000220. The standard InChI is InChI=1S/C16H20N2OS.ClH/c1-18(12-14-8-5-11-20-14)16(19)10-9-15(17)13-6-3-2-4-7-13;/h2-8,11,15H,9-10,12,17H2,1H3;1H. The molecular formula is C16H21ClN2OS. The van der Waals surface area contributed by atoms with Gasteiger partial charge in [0.2, 0.25) is 5.91 Å². The number of nitrogens with zero attached hydrogens (tertiary/aromatic N) is 1. The third kappa shape index (κ3) is 5.50. The van der Waals surface area contributed by atoms with Gasteiger partial charge in [-0.15, -0.1) is 23.7 Å². The molecule has 1 atom stereocenters. The fourth-order valence-corrected chi connectivity index (χ4v) is 2.82. The highest BCUT2D eigenvalue weighted by atomic mass is 35.5. The first kappa shape index (κ1) is 17.7. The second kappa shape index (κ2) is 8.82. The summed E-state index contributed by atoms with van der Waals surface area (Å²) in [5.41, 5.74) is 7.20. The largest absolute Gasteiger partial charge is 0.341 e. The molecule has 1 aromatic carbocycles. The van der Waals surface area contributed by atoms with Gasteiger partial charge < -0.3 is 10.6 Å². The maximum atomic E-state index is 12.1. The van der Waals surface area contributed by atoms with Gasteiger partial charge in [-0.05, 0) is 23.4 Å². The SMILES string of the molecule is CN(Cc1cccs1)C(=O)CCC(N)c1ccccc1.Cl. The van der Waals surface area contributed by atoms with Crippen LogP contribution in [0.25, 0.3) is 0 Å². The summed E-state index contributed by atoms with van der Waals surface area (Å²) in [5, 5.41) is 2.03. The van der Waals surface area contributed by atoms with Gasteiger partial charge in [0.25, 0.3) is 0 Å². The van der Waals surface area contributed by atoms with Crippen molar-refractivity contribution >= 4 is 29.7 Å². The maximum absolute atomic E-state index is 12.1. The first-order chi connectivity index (χ1) is 9.66. The first-order valence-corrected chi connectivity index (χ1v) is 7.61. The number of amides is 1. The minimum absolute atomic E-state index is 0. The van der Waals surface area contributed by atoms with Crippen molar-refractivity contribution in [2.24, 2.45) is 5.73 Å². The molecule has 2 rings (SSSR count). The molecule has 1 amide bonds. The lowest BCUT2D eigenvalue weighted by molar-refractivity contribution is -0.130. The fourth-order valence-electron chi connectivity index (χ4n) is 2.06. The van der Waals surface area contributed by atoms with E-state index in [1.54, 1.807) is 16.2 Å². The highest BCUT2D eigenvalue weighted by Crippen LogP contribution is 2.17. The van der Waals surface area contributed by atoms with E-state index in [-0.39, 0.29) is 24.4 Å². The van der Waals surface area contributed by atoms with Crippen molar-refractivity contribution in [3.8, 4) is 0 Å². The zero-order valence-corrected chi connectivity index (χ0v) is 13.7. The molecule has 0 spiro atoms. The van der Waals surface area contributed by atoms with Crippen molar-refractivity contribution in [3.63, 3.8) is 0 Å². The smallest absolute Gasteiger partial charge is 0.222 e. The quantitative estimate of drug-likeness (QED) is 0.882. The normalized spacial score (nSPS) is 11.5. The summed E-state index contributed by atoms with van der Waals surface area (Å²) in [6.45, 7) is 0.678. The summed E-state index contributed by atoms with van der Waals surface area (Å²) in [5.74, 6) is 0.143. The minimum Gasteiger partial charge on any atom is -0.341 e. The zero-order chi connectivity index (χ0) is 14.4.